The lowest BCUT2D eigenvalue weighted by atomic mass is 10.2. The molecular formula is C12H12Cl2. The van der Waals surface area contributed by atoms with Crippen LogP contribution in [0.5, 0.6) is 0 Å². The van der Waals surface area contributed by atoms with E-state index in [1.54, 1.807) is 0 Å². The van der Waals surface area contributed by atoms with Crippen molar-refractivity contribution in [3.63, 3.8) is 0 Å². The van der Waals surface area contributed by atoms with Gasteiger partial charge in [-0.15, -0.1) is 0 Å². The van der Waals surface area contributed by atoms with Crippen LogP contribution >= 0.6 is 23.2 Å². The van der Waals surface area contributed by atoms with Gasteiger partial charge in [-0.1, -0.05) is 53.1 Å². The molecule has 1 rings (SSSR count). The summed E-state index contributed by atoms with van der Waals surface area (Å²) in [4.78, 5) is 0. The Balaban J connectivity index is 2.97. The van der Waals surface area contributed by atoms with Crippen molar-refractivity contribution in [1.82, 2.24) is 0 Å². The normalized spacial score (nSPS) is 10.6. The van der Waals surface area contributed by atoms with Crippen molar-refractivity contribution in [1.29, 1.82) is 0 Å². The molecule has 0 aliphatic rings. The predicted octanol–water partition coefficient (Wildman–Crippen LogP) is 4.97. The fourth-order valence-corrected chi connectivity index (χ4v) is 1.53. The van der Waals surface area contributed by atoms with Crippen LogP contribution in [-0.4, -0.2) is 0 Å². The summed E-state index contributed by atoms with van der Waals surface area (Å²) in [5.41, 5.74) is 2.11. The Labute approximate surface area is 94.8 Å². The molecule has 74 valence electrons. The van der Waals surface area contributed by atoms with E-state index in [1.165, 1.54) is 5.57 Å². The Morgan fingerprint density at radius 1 is 1.14 bits per heavy atom. The minimum atomic E-state index is 0.677. The first kappa shape index (κ1) is 11.4. The van der Waals surface area contributed by atoms with Crippen molar-refractivity contribution in [3.8, 4) is 0 Å². The Kier molecular flexibility index (Phi) is 4.24. The molecule has 0 heterocycles. The van der Waals surface area contributed by atoms with Gasteiger partial charge in [-0.25, -0.2) is 0 Å². The summed E-state index contributed by atoms with van der Waals surface area (Å²) in [6, 6.07) is 5.49. The Morgan fingerprint density at radius 3 is 2.21 bits per heavy atom. The van der Waals surface area contributed by atoms with Gasteiger partial charge < -0.3 is 0 Å². The van der Waals surface area contributed by atoms with Crippen LogP contribution in [0.15, 0.2) is 35.9 Å². The standard InChI is InChI=1S/C12H12Cl2/c1-9(2)5-3-6-10-11(13)7-4-8-12(10)14/h3-8H,1-2H3/b6-3-. The third-order valence-electron chi connectivity index (χ3n) is 1.69. The minimum Gasteiger partial charge on any atom is -0.0836 e. The number of hydrogen-bond acceptors (Lipinski definition) is 0. The molecular weight excluding hydrogens is 215 g/mol. The van der Waals surface area contributed by atoms with E-state index in [0.29, 0.717) is 10.0 Å². The first-order valence-corrected chi connectivity index (χ1v) is 5.12. The fourth-order valence-electron chi connectivity index (χ4n) is 1.01. The molecule has 0 unspecified atom stereocenters. The van der Waals surface area contributed by atoms with Gasteiger partial charge in [0.15, 0.2) is 0 Å². The molecule has 0 saturated carbocycles. The quantitative estimate of drug-likeness (QED) is 0.625. The van der Waals surface area contributed by atoms with Gasteiger partial charge >= 0.3 is 0 Å². The number of rotatable bonds is 2. The molecule has 0 aromatic heterocycles. The highest BCUT2D eigenvalue weighted by atomic mass is 35.5. The maximum absolute atomic E-state index is 5.99. The third kappa shape index (κ3) is 3.21. The molecule has 0 spiro atoms. The smallest absolute Gasteiger partial charge is 0.0493 e. The zero-order chi connectivity index (χ0) is 10.6. The van der Waals surface area contributed by atoms with E-state index in [0.717, 1.165) is 5.56 Å². The molecule has 0 saturated heterocycles. The van der Waals surface area contributed by atoms with Crippen LogP contribution in [0.25, 0.3) is 6.08 Å². The van der Waals surface area contributed by atoms with Gasteiger partial charge in [0.25, 0.3) is 0 Å². The first-order valence-electron chi connectivity index (χ1n) is 4.37. The molecule has 0 radical (unpaired) electrons. The highest BCUT2D eigenvalue weighted by molar-refractivity contribution is 6.37. The Hall–Kier alpha value is -0.720. The van der Waals surface area contributed by atoms with Crippen LogP contribution < -0.4 is 0 Å². The van der Waals surface area contributed by atoms with E-state index in [9.17, 15) is 0 Å². The minimum absolute atomic E-state index is 0.677. The SMILES string of the molecule is CC(C)=C/C=C\c1c(Cl)cccc1Cl. The molecule has 0 aliphatic carbocycles. The lowest BCUT2D eigenvalue weighted by molar-refractivity contribution is 1.40. The average Bonchev–Trinajstić information content (AvgIpc) is 2.09. The Morgan fingerprint density at radius 2 is 1.71 bits per heavy atom. The number of allylic oxidation sites excluding steroid dienone is 3. The number of benzene rings is 1. The van der Waals surface area contributed by atoms with E-state index in [2.05, 4.69) is 0 Å². The van der Waals surface area contributed by atoms with Crippen LogP contribution in [0, 0.1) is 0 Å². The van der Waals surface area contributed by atoms with E-state index in [1.807, 2.05) is 50.3 Å². The van der Waals surface area contributed by atoms with Crippen molar-refractivity contribution in [3.05, 3.63) is 51.5 Å². The highest BCUT2D eigenvalue weighted by Gasteiger charge is 1.99. The zero-order valence-electron chi connectivity index (χ0n) is 8.22. The summed E-state index contributed by atoms with van der Waals surface area (Å²) >= 11 is 12.0. The molecule has 0 aliphatic heterocycles. The first-order chi connectivity index (χ1) is 6.61. The van der Waals surface area contributed by atoms with Crippen LogP contribution in [0.4, 0.5) is 0 Å². The average molecular weight is 227 g/mol. The van der Waals surface area contributed by atoms with Gasteiger partial charge in [0.1, 0.15) is 0 Å². The van der Waals surface area contributed by atoms with E-state index in [4.69, 9.17) is 23.2 Å². The molecule has 2 heteroatoms. The fraction of sp³-hybridized carbons (Fsp3) is 0.167. The monoisotopic (exact) mass is 226 g/mol. The number of halogens is 2. The highest BCUT2D eigenvalue weighted by Crippen LogP contribution is 2.25. The molecule has 0 amide bonds. The predicted molar refractivity (Wildman–Crippen MR) is 64.9 cm³/mol. The lowest BCUT2D eigenvalue weighted by Gasteiger charge is -1.99. The van der Waals surface area contributed by atoms with Crippen LogP contribution in [-0.2, 0) is 0 Å². The van der Waals surface area contributed by atoms with Gasteiger partial charge in [-0.3, -0.25) is 0 Å². The molecule has 1 aromatic rings. The van der Waals surface area contributed by atoms with Gasteiger partial charge in [0, 0.05) is 15.6 Å². The molecule has 0 nitrogen and oxygen atoms in total. The molecule has 0 atom stereocenters. The zero-order valence-corrected chi connectivity index (χ0v) is 9.73. The van der Waals surface area contributed by atoms with Gasteiger partial charge in [0.05, 0.1) is 0 Å². The maximum atomic E-state index is 5.99. The maximum Gasteiger partial charge on any atom is 0.0493 e. The summed E-state index contributed by atoms with van der Waals surface area (Å²) in [6.45, 7) is 4.08. The lowest BCUT2D eigenvalue weighted by Crippen LogP contribution is -1.76. The third-order valence-corrected chi connectivity index (χ3v) is 2.35. The molecule has 0 bridgehead atoms. The van der Waals surface area contributed by atoms with E-state index < -0.39 is 0 Å². The molecule has 0 fully saturated rings. The largest absolute Gasteiger partial charge is 0.0836 e. The summed E-state index contributed by atoms with van der Waals surface area (Å²) in [6.07, 6.45) is 5.87. The van der Waals surface area contributed by atoms with Crippen molar-refractivity contribution in [2.24, 2.45) is 0 Å². The summed E-state index contributed by atoms with van der Waals surface area (Å²) in [5.74, 6) is 0. The van der Waals surface area contributed by atoms with Crippen molar-refractivity contribution >= 4 is 29.3 Å². The van der Waals surface area contributed by atoms with Gasteiger partial charge in [-0.2, -0.15) is 0 Å². The van der Waals surface area contributed by atoms with E-state index in [-0.39, 0.29) is 0 Å². The molecule has 1 aromatic carbocycles. The van der Waals surface area contributed by atoms with Crippen molar-refractivity contribution in [2.75, 3.05) is 0 Å². The summed E-state index contributed by atoms with van der Waals surface area (Å²) in [5, 5.41) is 1.35. The van der Waals surface area contributed by atoms with Crippen LogP contribution in [0.1, 0.15) is 19.4 Å². The second kappa shape index (κ2) is 5.23. The molecule has 0 N–H and O–H groups in total. The topological polar surface area (TPSA) is 0 Å². The van der Waals surface area contributed by atoms with Gasteiger partial charge in [0.2, 0.25) is 0 Å². The summed E-state index contributed by atoms with van der Waals surface area (Å²) < 4.78 is 0. The number of hydrogen-bond donors (Lipinski definition) is 0. The van der Waals surface area contributed by atoms with Crippen molar-refractivity contribution in [2.45, 2.75) is 13.8 Å². The second-order valence-electron chi connectivity index (χ2n) is 3.24. The van der Waals surface area contributed by atoms with Gasteiger partial charge in [-0.05, 0) is 26.0 Å². The molecule has 14 heavy (non-hydrogen) atoms. The Bertz CT molecular complexity index is 352. The van der Waals surface area contributed by atoms with Crippen molar-refractivity contribution < 1.29 is 0 Å². The van der Waals surface area contributed by atoms with Crippen LogP contribution in [0.3, 0.4) is 0 Å². The summed E-state index contributed by atoms with van der Waals surface area (Å²) in [7, 11) is 0. The van der Waals surface area contributed by atoms with E-state index >= 15 is 0 Å². The van der Waals surface area contributed by atoms with Crippen LogP contribution in [0.2, 0.25) is 10.0 Å². The second-order valence-corrected chi connectivity index (χ2v) is 4.05.